The zero-order valence-corrected chi connectivity index (χ0v) is 10.7. The molecule has 5 nitrogen and oxygen atoms in total. The normalized spacial score (nSPS) is 11.4. The molecular weight excluding hydrogens is 248 g/mol. The van der Waals surface area contributed by atoms with Crippen LogP contribution in [0, 0.1) is 0 Å². The van der Waals surface area contributed by atoms with Gasteiger partial charge in [0.1, 0.15) is 0 Å². The molecule has 0 unspecified atom stereocenters. The zero-order chi connectivity index (χ0) is 12.2. The molecule has 0 aliphatic rings. The molecule has 0 saturated carbocycles. The second-order valence-corrected chi connectivity index (χ2v) is 5.80. The Morgan fingerprint density at radius 2 is 2.19 bits per heavy atom. The molecule has 1 amide bonds. The van der Waals surface area contributed by atoms with Crippen molar-refractivity contribution in [2.45, 2.75) is 18.2 Å². The van der Waals surface area contributed by atoms with Crippen molar-refractivity contribution in [3.63, 3.8) is 0 Å². The first kappa shape index (κ1) is 13.1. The van der Waals surface area contributed by atoms with Crippen LogP contribution in [-0.4, -0.2) is 27.9 Å². The third-order valence-corrected chi connectivity index (χ3v) is 4.40. The first-order chi connectivity index (χ1) is 7.51. The summed E-state index contributed by atoms with van der Waals surface area (Å²) in [4.78, 5) is 11.8. The van der Waals surface area contributed by atoms with Crippen LogP contribution in [-0.2, 0) is 10.0 Å². The predicted molar refractivity (Wildman–Crippen MR) is 63.2 cm³/mol. The van der Waals surface area contributed by atoms with Crippen LogP contribution < -0.4 is 10.0 Å². The van der Waals surface area contributed by atoms with Crippen molar-refractivity contribution in [2.24, 2.45) is 0 Å². The molecule has 0 fully saturated rings. The van der Waals surface area contributed by atoms with Gasteiger partial charge in [0.05, 0.1) is 9.77 Å². The van der Waals surface area contributed by atoms with Gasteiger partial charge in [-0.25, -0.2) is 13.1 Å². The van der Waals surface area contributed by atoms with Crippen LogP contribution in [0.25, 0.3) is 0 Å². The SMILES string of the molecule is CCCNS(=O)(=O)c1csc(C(=O)NC)c1. The summed E-state index contributed by atoms with van der Waals surface area (Å²) in [6, 6.07) is 1.38. The van der Waals surface area contributed by atoms with Crippen molar-refractivity contribution >= 4 is 27.3 Å². The average Bonchev–Trinajstić information content (AvgIpc) is 2.75. The Bertz CT molecular complexity index is 465. The second-order valence-electron chi connectivity index (χ2n) is 3.12. The van der Waals surface area contributed by atoms with E-state index in [-0.39, 0.29) is 10.8 Å². The lowest BCUT2D eigenvalue weighted by atomic mass is 10.4. The van der Waals surface area contributed by atoms with Crippen molar-refractivity contribution in [3.8, 4) is 0 Å². The number of hydrogen-bond donors (Lipinski definition) is 2. The molecule has 1 rings (SSSR count). The zero-order valence-electron chi connectivity index (χ0n) is 9.11. The number of thiophene rings is 1. The van der Waals surface area contributed by atoms with Crippen molar-refractivity contribution < 1.29 is 13.2 Å². The van der Waals surface area contributed by atoms with Gasteiger partial charge in [-0.15, -0.1) is 11.3 Å². The van der Waals surface area contributed by atoms with E-state index in [1.54, 1.807) is 0 Å². The summed E-state index contributed by atoms with van der Waals surface area (Å²) in [5.41, 5.74) is 0. The molecule has 0 bridgehead atoms. The summed E-state index contributed by atoms with van der Waals surface area (Å²) in [6.07, 6.45) is 0.728. The van der Waals surface area contributed by atoms with E-state index in [9.17, 15) is 13.2 Å². The molecule has 0 aromatic carbocycles. The van der Waals surface area contributed by atoms with Crippen LogP contribution in [0.1, 0.15) is 23.0 Å². The maximum atomic E-state index is 11.7. The van der Waals surface area contributed by atoms with E-state index < -0.39 is 10.0 Å². The Morgan fingerprint density at radius 3 is 2.75 bits per heavy atom. The second kappa shape index (κ2) is 5.42. The van der Waals surface area contributed by atoms with Gasteiger partial charge in [-0.05, 0) is 12.5 Å². The fraction of sp³-hybridized carbons (Fsp3) is 0.444. The van der Waals surface area contributed by atoms with Gasteiger partial charge in [0.15, 0.2) is 0 Å². The van der Waals surface area contributed by atoms with Gasteiger partial charge >= 0.3 is 0 Å². The fourth-order valence-corrected chi connectivity index (χ4v) is 3.38. The van der Waals surface area contributed by atoms with E-state index in [0.29, 0.717) is 11.4 Å². The number of carbonyl (C=O) groups excluding carboxylic acids is 1. The van der Waals surface area contributed by atoms with Gasteiger partial charge < -0.3 is 5.32 Å². The Labute approximate surface area is 98.9 Å². The van der Waals surface area contributed by atoms with Gasteiger partial charge in [-0.2, -0.15) is 0 Å². The average molecular weight is 262 g/mol. The quantitative estimate of drug-likeness (QED) is 0.824. The summed E-state index contributed by atoms with van der Waals surface area (Å²) in [5.74, 6) is -0.276. The molecule has 16 heavy (non-hydrogen) atoms. The smallest absolute Gasteiger partial charge is 0.261 e. The Hall–Kier alpha value is -0.920. The summed E-state index contributed by atoms with van der Waals surface area (Å²) in [6.45, 7) is 2.28. The molecule has 1 aromatic rings. The number of rotatable bonds is 5. The molecule has 0 saturated heterocycles. The largest absolute Gasteiger partial charge is 0.354 e. The van der Waals surface area contributed by atoms with Crippen molar-refractivity contribution in [2.75, 3.05) is 13.6 Å². The van der Waals surface area contributed by atoms with E-state index in [1.165, 1.54) is 18.5 Å². The molecule has 2 N–H and O–H groups in total. The molecule has 1 aromatic heterocycles. The van der Waals surface area contributed by atoms with Gasteiger partial charge in [0.2, 0.25) is 10.0 Å². The summed E-state index contributed by atoms with van der Waals surface area (Å²) in [7, 11) is -1.96. The monoisotopic (exact) mass is 262 g/mol. The summed E-state index contributed by atoms with van der Waals surface area (Å²) in [5, 5.41) is 3.91. The molecule has 90 valence electrons. The van der Waals surface area contributed by atoms with Gasteiger partial charge in [0.25, 0.3) is 5.91 Å². The Kier molecular flexibility index (Phi) is 4.45. The molecule has 0 radical (unpaired) electrons. The molecule has 7 heteroatoms. The molecule has 1 heterocycles. The van der Waals surface area contributed by atoms with Gasteiger partial charge in [-0.3, -0.25) is 4.79 Å². The number of amides is 1. The lowest BCUT2D eigenvalue weighted by Crippen LogP contribution is -2.24. The number of nitrogens with one attached hydrogen (secondary N) is 2. The van der Waals surface area contributed by atoms with E-state index in [1.807, 2.05) is 6.92 Å². The first-order valence-corrected chi connectivity index (χ1v) is 7.18. The van der Waals surface area contributed by atoms with Gasteiger partial charge in [-0.1, -0.05) is 6.92 Å². The van der Waals surface area contributed by atoms with Crippen LogP contribution in [0.15, 0.2) is 16.3 Å². The Balaban J connectivity index is 2.89. The number of sulfonamides is 1. The standard InChI is InChI=1S/C9H14N2O3S2/c1-3-4-11-16(13,14)7-5-8(15-6-7)9(12)10-2/h5-6,11H,3-4H2,1-2H3,(H,10,12). The Morgan fingerprint density at radius 1 is 1.50 bits per heavy atom. The van der Waals surface area contributed by atoms with E-state index in [4.69, 9.17) is 0 Å². The number of hydrogen-bond acceptors (Lipinski definition) is 4. The maximum absolute atomic E-state index is 11.7. The van der Waals surface area contributed by atoms with E-state index in [0.717, 1.165) is 17.8 Å². The summed E-state index contributed by atoms with van der Waals surface area (Å²) < 4.78 is 25.8. The number of carbonyl (C=O) groups is 1. The molecule has 0 atom stereocenters. The van der Waals surface area contributed by atoms with Crippen molar-refractivity contribution in [1.29, 1.82) is 0 Å². The molecular formula is C9H14N2O3S2. The minimum absolute atomic E-state index is 0.143. The fourth-order valence-electron chi connectivity index (χ4n) is 1.02. The topological polar surface area (TPSA) is 75.3 Å². The third-order valence-electron chi connectivity index (χ3n) is 1.88. The van der Waals surface area contributed by atoms with Crippen LogP contribution in [0.4, 0.5) is 0 Å². The lowest BCUT2D eigenvalue weighted by Gasteiger charge is -2.01. The highest BCUT2D eigenvalue weighted by molar-refractivity contribution is 7.89. The van der Waals surface area contributed by atoms with Crippen molar-refractivity contribution in [1.82, 2.24) is 10.0 Å². The predicted octanol–water partition coefficient (Wildman–Crippen LogP) is 0.796. The molecule has 0 aliphatic heterocycles. The highest BCUT2D eigenvalue weighted by atomic mass is 32.2. The van der Waals surface area contributed by atoms with Crippen molar-refractivity contribution in [3.05, 3.63) is 16.3 Å². The lowest BCUT2D eigenvalue weighted by molar-refractivity contribution is 0.0967. The first-order valence-electron chi connectivity index (χ1n) is 4.81. The van der Waals surface area contributed by atoms with E-state index in [2.05, 4.69) is 10.0 Å². The minimum atomic E-state index is -3.46. The molecule has 0 spiro atoms. The van der Waals surface area contributed by atoms with Crippen LogP contribution in [0.5, 0.6) is 0 Å². The summed E-state index contributed by atoms with van der Waals surface area (Å²) >= 11 is 1.11. The minimum Gasteiger partial charge on any atom is -0.354 e. The van der Waals surface area contributed by atoms with Gasteiger partial charge in [0, 0.05) is 19.0 Å². The molecule has 0 aliphatic carbocycles. The third kappa shape index (κ3) is 3.03. The van der Waals surface area contributed by atoms with E-state index >= 15 is 0 Å². The highest BCUT2D eigenvalue weighted by Gasteiger charge is 2.17. The maximum Gasteiger partial charge on any atom is 0.261 e. The highest BCUT2D eigenvalue weighted by Crippen LogP contribution is 2.18. The van der Waals surface area contributed by atoms with Crippen LogP contribution in [0.2, 0.25) is 0 Å². The van der Waals surface area contributed by atoms with Crippen LogP contribution >= 0.6 is 11.3 Å². The van der Waals surface area contributed by atoms with Crippen LogP contribution in [0.3, 0.4) is 0 Å².